The third kappa shape index (κ3) is 3.45. The number of aromatic nitrogens is 1. The van der Waals surface area contributed by atoms with Gasteiger partial charge in [0.25, 0.3) is 0 Å². The summed E-state index contributed by atoms with van der Waals surface area (Å²) in [5.41, 5.74) is 4.49. The smallest absolute Gasteiger partial charge is 0.147 e. The summed E-state index contributed by atoms with van der Waals surface area (Å²) in [6.07, 6.45) is 1.64. The molecule has 0 aliphatic rings. The summed E-state index contributed by atoms with van der Waals surface area (Å²) in [6.45, 7) is 1.87. The lowest BCUT2D eigenvalue weighted by atomic mass is 10.2. The molecule has 1 N–H and O–H groups in total. The number of anilines is 1. The van der Waals surface area contributed by atoms with Crippen molar-refractivity contribution in [3.63, 3.8) is 0 Å². The van der Waals surface area contributed by atoms with Gasteiger partial charge in [0.05, 0.1) is 6.21 Å². The maximum Gasteiger partial charge on any atom is 0.147 e. The van der Waals surface area contributed by atoms with Gasteiger partial charge in [-0.15, -0.1) is 0 Å². The Balaban J connectivity index is 2.10. The van der Waals surface area contributed by atoms with E-state index in [9.17, 15) is 0 Å². The highest BCUT2D eigenvalue weighted by Gasteiger charge is 1.97. The van der Waals surface area contributed by atoms with Crippen LogP contribution in [-0.4, -0.2) is 11.2 Å². The molecule has 0 unspecified atom stereocenters. The van der Waals surface area contributed by atoms with Crippen LogP contribution in [0, 0.1) is 6.92 Å². The van der Waals surface area contributed by atoms with Gasteiger partial charge in [0.15, 0.2) is 0 Å². The average molecular weight is 280 g/mol. The van der Waals surface area contributed by atoms with Crippen LogP contribution in [0.5, 0.6) is 0 Å². The van der Waals surface area contributed by atoms with Gasteiger partial charge in [-0.3, -0.25) is 5.43 Å². The number of rotatable bonds is 3. The second kappa shape index (κ2) is 5.85. The lowest BCUT2D eigenvalue weighted by Gasteiger charge is -2.02. The van der Waals surface area contributed by atoms with E-state index < -0.39 is 0 Å². The van der Waals surface area contributed by atoms with Gasteiger partial charge >= 0.3 is 0 Å². The first-order valence-corrected chi connectivity index (χ1v) is 6.08. The zero-order chi connectivity index (χ0) is 13.0. The minimum Gasteiger partial charge on any atom is -0.261 e. The molecule has 0 saturated heterocycles. The van der Waals surface area contributed by atoms with Crippen LogP contribution in [0.4, 0.5) is 5.82 Å². The molecule has 1 heterocycles. The third-order valence-electron chi connectivity index (χ3n) is 2.21. The molecule has 0 fully saturated rings. The largest absolute Gasteiger partial charge is 0.261 e. The average Bonchev–Trinajstić information content (AvgIpc) is 2.30. The highest BCUT2D eigenvalue weighted by molar-refractivity contribution is 6.33. The number of nitrogens with zero attached hydrogens (tertiary/aromatic N) is 2. The van der Waals surface area contributed by atoms with Crippen molar-refractivity contribution in [2.45, 2.75) is 6.92 Å². The highest BCUT2D eigenvalue weighted by atomic mass is 35.5. The van der Waals surface area contributed by atoms with E-state index in [1.807, 2.05) is 31.2 Å². The van der Waals surface area contributed by atoms with Crippen LogP contribution in [0.1, 0.15) is 11.3 Å². The van der Waals surface area contributed by atoms with Crippen LogP contribution in [0.15, 0.2) is 41.5 Å². The minimum atomic E-state index is 0.600. The molecule has 0 saturated carbocycles. The van der Waals surface area contributed by atoms with Crippen molar-refractivity contribution in [2.24, 2.45) is 5.10 Å². The van der Waals surface area contributed by atoms with E-state index in [4.69, 9.17) is 23.2 Å². The fourth-order valence-corrected chi connectivity index (χ4v) is 1.88. The standard InChI is InChI=1S/C13H11Cl2N3/c1-9-6-11(14)7-13(17-9)18-16-8-10-4-2-3-5-12(10)15/h2-8H,1H3,(H,17,18). The number of pyridine rings is 1. The first-order valence-electron chi connectivity index (χ1n) is 5.33. The lowest BCUT2D eigenvalue weighted by molar-refractivity contribution is 1.16. The summed E-state index contributed by atoms with van der Waals surface area (Å²) in [5.74, 6) is 0.600. The number of hydrazone groups is 1. The summed E-state index contributed by atoms with van der Waals surface area (Å²) in [4.78, 5) is 4.25. The molecule has 2 aromatic rings. The van der Waals surface area contributed by atoms with Crippen LogP contribution in [0.3, 0.4) is 0 Å². The number of hydrogen-bond donors (Lipinski definition) is 1. The van der Waals surface area contributed by atoms with Crippen LogP contribution >= 0.6 is 23.2 Å². The maximum atomic E-state index is 6.00. The van der Waals surface area contributed by atoms with Gasteiger partial charge in [0.1, 0.15) is 5.82 Å². The normalized spacial score (nSPS) is 10.8. The molecular formula is C13H11Cl2N3. The quantitative estimate of drug-likeness (QED) is 0.677. The zero-order valence-corrected chi connectivity index (χ0v) is 11.2. The number of nitrogens with one attached hydrogen (secondary N) is 1. The molecule has 0 bridgehead atoms. The Morgan fingerprint density at radius 2 is 2.00 bits per heavy atom. The molecule has 0 atom stereocenters. The number of hydrogen-bond acceptors (Lipinski definition) is 3. The Labute approximate surface area is 115 Å². The van der Waals surface area contributed by atoms with Crippen molar-refractivity contribution in [3.8, 4) is 0 Å². The van der Waals surface area contributed by atoms with Crippen molar-refractivity contribution < 1.29 is 0 Å². The van der Waals surface area contributed by atoms with E-state index in [0.717, 1.165) is 11.3 Å². The van der Waals surface area contributed by atoms with Crippen molar-refractivity contribution in [2.75, 3.05) is 5.43 Å². The Kier molecular flexibility index (Phi) is 4.18. The van der Waals surface area contributed by atoms with Crippen molar-refractivity contribution in [1.82, 2.24) is 4.98 Å². The molecule has 0 amide bonds. The molecule has 0 radical (unpaired) electrons. The van der Waals surface area contributed by atoms with E-state index in [1.54, 1.807) is 18.3 Å². The summed E-state index contributed by atoms with van der Waals surface area (Å²) >= 11 is 11.9. The highest BCUT2D eigenvalue weighted by Crippen LogP contribution is 2.15. The van der Waals surface area contributed by atoms with Gasteiger partial charge in [-0.25, -0.2) is 4.98 Å². The molecule has 92 valence electrons. The molecule has 0 spiro atoms. The molecule has 1 aromatic heterocycles. The zero-order valence-electron chi connectivity index (χ0n) is 9.69. The summed E-state index contributed by atoms with van der Waals surface area (Å²) < 4.78 is 0. The van der Waals surface area contributed by atoms with Crippen LogP contribution in [0.2, 0.25) is 10.0 Å². The van der Waals surface area contributed by atoms with Gasteiger partial charge in [0, 0.05) is 27.4 Å². The monoisotopic (exact) mass is 279 g/mol. The molecule has 18 heavy (non-hydrogen) atoms. The third-order valence-corrected chi connectivity index (χ3v) is 2.77. The molecule has 0 aliphatic carbocycles. The van der Waals surface area contributed by atoms with E-state index in [2.05, 4.69) is 15.5 Å². The maximum absolute atomic E-state index is 6.00. The molecule has 5 heteroatoms. The minimum absolute atomic E-state index is 0.600. The molecular weight excluding hydrogens is 269 g/mol. The second-order valence-electron chi connectivity index (χ2n) is 3.70. The Morgan fingerprint density at radius 3 is 2.72 bits per heavy atom. The SMILES string of the molecule is Cc1cc(Cl)cc(NN=Cc2ccccc2Cl)n1. The Morgan fingerprint density at radius 1 is 1.22 bits per heavy atom. The predicted molar refractivity (Wildman–Crippen MR) is 76.7 cm³/mol. The number of halogens is 2. The van der Waals surface area contributed by atoms with Gasteiger partial charge in [-0.05, 0) is 19.1 Å². The van der Waals surface area contributed by atoms with Crippen LogP contribution in [0.25, 0.3) is 0 Å². The summed E-state index contributed by atoms with van der Waals surface area (Å²) in [6, 6.07) is 10.9. The Hall–Kier alpha value is -1.58. The molecule has 1 aromatic carbocycles. The van der Waals surface area contributed by atoms with Crippen LogP contribution in [-0.2, 0) is 0 Å². The number of aryl methyl sites for hydroxylation is 1. The first kappa shape index (κ1) is 12.9. The lowest BCUT2D eigenvalue weighted by Crippen LogP contribution is -1.95. The van der Waals surface area contributed by atoms with Crippen LogP contribution < -0.4 is 5.43 Å². The van der Waals surface area contributed by atoms with Gasteiger partial charge in [0.2, 0.25) is 0 Å². The van der Waals surface area contributed by atoms with Crippen molar-refractivity contribution in [1.29, 1.82) is 0 Å². The fourth-order valence-electron chi connectivity index (χ4n) is 1.43. The topological polar surface area (TPSA) is 37.3 Å². The molecule has 0 aliphatic heterocycles. The Bertz CT molecular complexity index is 562. The summed E-state index contributed by atoms with van der Waals surface area (Å²) in [7, 11) is 0. The van der Waals surface area contributed by atoms with Gasteiger partial charge in [-0.2, -0.15) is 5.10 Å². The fraction of sp³-hybridized carbons (Fsp3) is 0.0769. The van der Waals surface area contributed by atoms with Crippen molar-refractivity contribution in [3.05, 3.63) is 57.7 Å². The van der Waals surface area contributed by atoms with E-state index in [-0.39, 0.29) is 0 Å². The van der Waals surface area contributed by atoms with Gasteiger partial charge in [-0.1, -0.05) is 41.4 Å². The summed E-state index contributed by atoms with van der Waals surface area (Å²) in [5, 5.41) is 5.35. The van der Waals surface area contributed by atoms with E-state index in [1.165, 1.54) is 0 Å². The molecule has 3 nitrogen and oxygen atoms in total. The predicted octanol–water partition coefficient (Wildman–Crippen LogP) is 4.14. The van der Waals surface area contributed by atoms with Gasteiger partial charge < -0.3 is 0 Å². The second-order valence-corrected chi connectivity index (χ2v) is 4.55. The van der Waals surface area contributed by atoms with Crippen molar-refractivity contribution >= 4 is 35.2 Å². The first-order chi connectivity index (χ1) is 8.65. The van der Waals surface area contributed by atoms with E-state index >= 15 is 0 Å². The van der Waals surface area contributed by atoms with E-state index in [0.29, 0.717) is 15.9 Å². The number of benzene rings is 1. The molecule has 2 rings (SSSR count).